The van der Waals surface area contributed by atoms with Crippen molar-refractivity contribution >= 4 is 44.1 Å². The summed E-state index contributed by atoms with van der Waals surface area (Å²) < 4.78 is 42.4. The van der Waals surface area contributed by atoms with E-state index >= 15 is 0 Å². The van der Waals surface area contributed by atoms with Crippen LogP contribution in [-0.4, -0.2) is 21.8 Å². The van der Waals surface area contributed by atoms with Crippen molar-refractivity contribution < 1.29 is 27.9 Å². The molecular weight excluding hydrogens is 477 g/mol. The standard InChI is InChI=1S/C26H19F3N2O3S/c27-16-11-20(29)23-22(12-16)35-26(31-23)30-21-9-8-15(10-19(21)28)13-4-6-14(7-5-13)24(32)17-2-1-3-18(17)25(33)34/h4-12,17-18H,1-3H2,(H,30,31)(H,33,34)/t17-,18-/m1/s1. The molecule has 1 saturated carbocycles. The highest BCUT2D eigenvalue weighted by Crippen LogP contribution is 2.35. The Balaban J connectivity index is 1.33. The minimum Gasteiger partial charge on any atom is -0.481 e. The van der Waals surface area contributed by atoms with Gasteiger partial charge in [-0.2, -0.15) is 0 Å². The number of rotatable bonds is 6. The molecule has 0 bridgehead atoms. The van der Waals surface area contributed by atoms with Crippen LogP contribution in [0.5, 0.6) is 0 Å². The fourth-order valence-electron chi connectivity index (χ4n) is 4.53. The van der Waals surface area contributed by atoms with Gasteiger partial charge >= 0.3 is 5.97 Å². The van der Waals surface area contributed by atoms with E-state index in [2.05, 4.69) is 10.3 Å². The number of carboxylic acids is 1. The average Bonchev–Trinajstić information content (AvgIpc) is 3.47. The summed E-state index contributed by atoms with van der Waals surface area (Å²) in [7, 11) is 0. The molecule has 1 fully saturated rings. The predicted molar refractivity (Wildman–Crippen MR) is 127 cm³/mol. The van der Waals surface area contributed by atoms with E-state index in [1.165, 1.54) is 18.2 Å². The number of hydrogen-bond donors (Lipinski definition) is 2. The Labute approximate surface area is 202 Å². The number of aromatic nitrogens is 1. The number of Topliss-reactive ketones (excluding diaryl/α,β-unsaturated/α-hetero) is 1. The summed E-state index contributed by atoms with van der Waals surface area (Å²) in [6.07, 6.45) is 1.79. The molecule has 1 aromatic heterocycles. The summed E-state index contributed by atoms with van der Waals surface area (Å²) in [5.41, 5.74) is 1.84. The number of anilines is 2. The molecule has 0 spiro atoms. The molecule has 0 saturated heterocycles. The summed E-state index contributed by atoms with van der Waals surface area (Å²) in [6, 6.07) is 13.1. The first kappa shape index (κ1) is 23.0. The molecule has 1 heterocycles. The molecule has 0 radical (unpaired) electrons. The van der Waals surface area contributed by atoms with Gasteiger partial charge in [0.25, 0.3) is 0 Å². The monoisotopic (exact) mass is 496 g/mol. The third kappa shape index (κ3) is 4.51. The van der Waals surface area contributed by atoms with Crippen molar-refractivity contribution in [2.24, 2.45) is 11.8 Å². The second-order valence-electron chi connectivity index (χ2n) is 8.50. The van der Waals surface area contributed by atoms with Gasteiger partial charge in [-0.3, -0.25) is 9.59 Å². The normalized spacial score (nSPS) is 17.6. The van der Waals surface area contributed by atoms with Gasteiger partial charge in [0, 0.05) is 17.5 Å². The van der Waals surface area contributed by atoms with Crippen molar-refractivity contribution in [3.8, 4) is 11.1 Å². The number of nitrogens with zero attached hydrogens (tertiary/aromatic N) is 1. The maximum Gasteiger partial charge on any atom is 0.307 e. The number of ketones is 1. The highest BCUT2D eigenvalue weighted by molar-refractivity contribution is 7.22. The minimum absolute atomic E-state index is 0.0119. The van der Waals surface area contributed by atoms with E-state index in [0.717, 1.165) is 17.4 Å². The Bertz CT molecular complexity index is 1450. The maximum atomic E-state index is 14.8. The summed E-state index contributed by atoms with van der Waals surface area (Å²) >= 11 is 1.01. The van der Waals surface area contributed by atoms with Gasteiger partial charge in [0.2, 0.25) is 0 Å². The second-order valence-corrected chi connectivity index (χ2v) is 9.53. The van der Waals surface area contributed by atoms with Gasteiger partial charge in [0.1, 0.15) is 17.2 Å². The van der Waals surface area contributed by atoms with Gasteiger partial charge < -0.3 is 10.4 Å². The third-order valence-corrected chi connectivity index (χ3v) is 7.21. The first-order valence-corrected chi connectivity index (χ1v) is 11.8. The van der Waals surface area contributed by atoms with E-state index in [-0.39, 0.29) is 22.1 Å². The molecule has 1 aliphatic rings. The maximum absolute atomic E-state index is 14.8. The van der Waals surface area contributed by atoms with Crippen LogP contribution in [0.3, 0.4) is 0 Å². The first-order valence-electron chi connectivity index (χ1n) is 11.0. The Morgan fingerprint density at radius 3 is 2.34 bits per heavy atom. The Morgan fingerprint density at radius 2 is 1.63 bits per heavy atom. The van der Waals surface area contributed by atoms with Crippen LogP contribution in [0.25, 0.3) is 21.3 Å². The van der Waals surface area contributed by atoms with E-state index in [1.807, 2.05) is 0 Å². The number of fused-ring (bicyclic) bond motifs is 1. The summed E-state index contributed by atoms with van der Waals surface area (Å²) in [6.45, 7) is 0. The van der Waals surface area contributed by atoms with E-state index < -0.39 is 35.3 Å². The molecule has 5 rings (SSSR count). The number of nitrogens with one attached hydrogen (secondary N) is 1. The van der Waals surface area contributed by atoms with Gasteiger partial charge in [-0.25, -0.2) is 18.2 Å². The van der Waals surface area contributed by atoms with Crippen LogP contribution < -0.4 is 5.32 Å². The van der Waals surface area contributed by atoms with Gasteiger partial charge in [0.05, 0.1) is 16.3 Å². The fourth-order valence-corrected chi connectivity index (χ4v) is 5.45. The van der Waals surface area contributed by atoms with Crippen molar-refractivity contribution in [2.75, 3.05) is 5.32 Å². The summed E-state index contributed by atoms with van der Waals surface area (Å²) in [5.74, 6) is -4.35. The number of carboxylic acid groups (broad SMARTS) is 1. The molecule has 3 aromatic carbocycles. The Hall–Kier alpha value is -3.72. The van der Waals surface area contributed by atoms with Gasteiger partial charge in [-0.05, 0) is 42.2 Å². The van der Waals surface area contributed by atoms with Crippen LogP contribution in [0.4, 0.5) is 24.0 Å². The van der Waals surface area contributed by atoms with E-state index in [9.17, 15) is 27.9 Å². The number of carbonyl (C=O) groups excluding carboxylic acids is 1. The second kappa shape index (κ2) is 9.14. The lowest BCUT2D eigenvalue weighted by molar-refractivity contribution is -0.142. The number of benzene rings is 3. The molecule has 4 aromatic rings. The molecule has 5 nitrogen and oxygen atoms in total. The Kier molecular flexibility index (Phi) is 6.02. The largest absolute Gasteiger partial charge is 0.481 e. The number of aliphatic carboxylic acids is 1. The zero-order valence-electron chi connectivity index (χ0n) is 18.2. The van der Waals surface area contributed by atoms with Crippen molar-refractivity contribution in [3.05, 3.63) is 77.6 Å². The molecule has 1 aliphatic carbocycles. The zero-order valence-corrected chi connectivity index (χ0v) is 19.0. The minimum atomic E-state index is -0.940. The lowest BCUT2D eigenvalue weighted by Crippen LogP contribution is -2.25. The van der Waals surface area contributed by atoms with Crippen molar-refractivity contribution in [2.45, 2.75) is 19.3 Å². The molecule has 0 aliphatic heterocycles. The van der Waals surface area contributed by atoms with Crippen molar-refractivity contribution in [3.63, 3.8) is 0 Å². The lowest BCUT2D eigenvalue weighted by atomic mass is 9.88. The predicted octanol–water partition coefficient (Wildman–Crippen LogP) is 6.81. The average molecular weight is 497 g/mol. The van der Waals surface area contributed by atoms with Crippen LogP contribution in [0.2, 0.25) is 0 Å². The van der Waals surface area contributed by atoms with Crippen molar-refractivity contribution in [1.29, 1.82) is 0 Å². The first-order chi connectivity index (χ1) is 16.8. The molecule has 9 heteroatoms. The van der Waals surface area contributed by atoms with E-state index in [1.54, 1.807) is 30.3 Å². The molecule has 35 heavy (non-hydrogen) atoms. The lowest BCUT2D eigenvalue weighted by Gasteiger charge is -2.15. The molecule has 0 amide bonds. The zero-order chi connectivity index (χ0) is 24.7. The van der Waals surface area contributed by atoms with Crippen molar-refractivity contribution in [1.82, 2.24) is 4.98 Å². The van der Waals surface area contributed by atoms with Crippen LogP contribution in [0.15, 0.2) is 54.6 Å². The number of carbonyl (C=O) groups is 2. The number of thiazole rings is 1. The summed E-state index contributed by atoms with van der Waals surface area (Å²) in [4.78, 5) is 28.3. The molecule has 2 atom stereocenters. The highest BCUT2D eigenvalue weighted by atomic mass is 32.1. The SMILES string of the molecule is O=C(O)[C@@H]1CCC[C@H]1C(=O)c1ccc(-c2ccc(Nc3nc4c(F)cc(F)cc4s3)c(F)c2)cc1. The van der Waals surface area contributed by atoms with E-state index in [4.69, 9.17) is 0 Å². The Morgan fingerprint density at radius 1 is 0.914 bits per heavy atom. The van der Waals surface area contributed by atoms with Crippen LogP contribution in [0, 0.1) is 29.3 Å². The van der Waals surface area contributed by atoms with Gasteiger partial charge in [-0.1, -0.05) is 48.1 Å². The topological polar surface area (TPSA) is 79.3 Å². The molecule has 2 N–H and O–H groups in total. The van der Waals surface area contributed by atoms with Crippen LogP contribution in [0.1, 0.15) is 29.6 Å². The van der Waals surface area contributed by atoms with E-state index in [0.29, 0.717) is 40.7 Å². The molecule has 178 valence electrons. The summed E-state index contributed by atoms with van der Waals surface area (Å²) in [5, 5.41) is 12.4. The number of hydrogen-bond acceptors (Lipinski definition) is 5. The quantitative estimate of drug-likeness (QED) is 0.287. The van der Waals surface area contributed by atoms with Crippen LogP contribution in [-0.2, 0) is 4.79 Å². The van der Waals surface area contributed by atoms with Gasteiger partial charge in [0.15, 0.2) is 16.7 Å². The van der Waals surface area contributed by atoms with Crippen LogP contribution >= 0.6 is 11.3 Å². The highest BCUT2D eigenvalue weighted by Gasteiger charge is 2.37. The van der Waals surface area contributed by atoms with Gasteiger partial charge in [-0.15, -0.1) is 0 Å². The smallest absolute Gasteiger partial charge is 0.307 e. The molecular formula is C26H19F3N2O3S. The fraction of sp³-hybridized carbons (Fsp3) is 0.192. The third-order valence-electron chi connectivity index (χ3n) is 6.30. The number of halogens is 3. The molecule has 0 unspecified atom stereocenters.